The highest BCUT2D eigenvalue weighted by Crippen LogP contribution is 2.33. The number of piperidine rings is 2. The third kappa shape index (κ3) is 11.8. The Morgan fingerprint density at radius 2 is 1.44 bits per heavy atom. The van der Waals surface area contributed by atoms with Crippen molar-refractivity contribution in [3.63, 3.8) is 0 Å². The molecule has 13 heteroatoms. The molecule has 0 atom stereocenters. The lowest BCUT2D eigenvalue weighted by molar-refractivity contribution is -0.141. The summed E-state index contributed by atoms with van der Waals surface area (Å²) in [6.45, 7) is 14.1. The molecule has 3 rings (SSSR count). The number of allylic oxidation sites excluding steroid dienone is 1. The molecule has 0 unspecified atom stereocenters. The fourth-order valence-electron chi connectivity index (χ4n) is 4.86. The summed E-state index contributed by atoms with van der Waals surface area (Å²) in [6.07, 6.45) is 1.19. The van der Waals surface area contributed by atoms with Crippen LogP contribution >= 0.6 is 23.5 Å². The molecule has 1 aromatic heterocycles. The lowest BCUT2D eigenvalue weighted by atomic mass is 9.99. The molecule has 3 heterocycles. The quantitative estimate of drug-likeness (QED) is 0.253. The maximum atomic E-state index is 12.9. The van der Waals surface area contributed by atoms with Gasteiger partial charge in [0.1, 0.15) is 11.2 Å². The molecular formula is C30H47F3N4O4S2. The molecule has 8 nitrogen and oxygen atoms in total. The third-order valence-electron chi connectivity index (χ3n) is 7.52. The van der Waals surface area contributed by atoms with Gasteiger partial charge in [-0.2, -0.15) is 18.3 Å². The Hall–Kier alpha value is -2.02. The fraction of sp³-hybridized carbons (Fsp3) is 0.767. The van der Waals surface area contributed by atoms with Crippen LogP contribution in [0.5, 0.6) is 0 Å². The summed E-state index contributed by atoms with van der Waals surface area (Å²) in [5.41, 5.74) is -2.01. The second-order valence-corrected chi connectivity index (χ2v) is 15.4. The molecule has 244 valence electrons. The Balaban J connectivity index is 1.34. The van der Waals surface area contributed by atoms with Crippen LogP contribution in [0.2, 0.25) is 0 Å². The molecular weight excluding hydrogens is 601 g/mol. The molecule has 0 spiro atoms. The number of aromatic nitrogens is 2. The number of alkyl halides is 3. The van der Waals surface area contributed by atoms with Gasteiger partial charge < -0.3 is 19.3 Å². The van der Waals surface area contributed by atoms with Crippen molar-refractivity contribution in [3.8, 4) is 0 Å². The van der Waals surface area contributed by atoms with Crippen LogP contribution in [0.4, 0.5) is 22.8 Å². The predicted octanol–water partition coefficient (Wildman–Crippen LogP) is 7.83. The SMILES string of the molecule is C/C(=C\CC(C)(C)OC(=O)N1CCC(CSc2cc(C(F)(F)F)nn2C)CC1)SCC1CCN(C(=O)OC(C)(C)C)CC1. The first-order valence-electron chi connectivity index (χ1n) is 14.9. The molecule has 0 aliphatic carbocycles. The van der Waals surface area contributed by atoms with Crippen molar-refractivity contribution in [1.29, 1.82) is 0 Å². The summed E-state index contributed by atoms with van der Waals surface area (Å²) in [5.74, 6) is 2.51. The fourth-order valence-corrected chi connectivity index (χ4v) is 7.05. The average Bonchev–Trinajstić information content (AvgIpc) is 3.30. The van der Waals surface area contributed by atoms with Crippen LogP contribution in [0.3, 0.4) is 0 Å². The third-order valence-corrected chi connectivity index (χ3v) is 10.1. The van der Waals surface area contributed by atoms with E-state index in [-0.39, 0.29) is 12.2 Å². The van der Waals surface area contributed by atoms with Crippen molar-refractivity contribution in [2.45, 2.75) is 96.1 Å². The van der Waals surface area contributed by atoms with E-state index < -0.39 is 23.1 Å². The summed E-state index contributed by atoms with van der Waals surface area (Å²) in [6, 6.07) is 1.09. The lowest BCUT2D eigenvalue weighted by Gasteiger charge is -2.34. The number of nitrogens with zero attached hydrogens (tertiary/aromatic N) is 4. The molecule has 0 aromatic carbocycles. The van der Waals surface area contributed by atoms with E-state index in [1.165, 1.54) is 28.4 Å². The summed E-state index contributed by atoms with van der Waals surface area (Å²) < 4.78 is 51.4. The van der Waals surface area contributed by atoms with E-state index >= 15 is 0 Å². The van der Waals surface area contributed by atoms with E-state index in [4.69, 9.17) is 9.47 Å². The molecule has 2 aliphatic heterocycles. The normalized spacial score (nSPS) is 18.2. The van der Waals surface area contributed by atoms with Crippen molar-refractivity contribution in [2.24, 2.45) is 18.9 Å². The number of thioether (sulfide) groups is 2. The minimum atomic E-state index is -4.45. The predicted molar refractivity (Wildman–Crippen MR) is 165 cm³/mol. The molecule has 43 heavy (non-hydrogen) atoms. The molecule has 0 bridgehead atoms. The number of ether oxygens (including phenoxy) is 2. The zero-order chi connectivity index (χ0) is 32.0. The largest absolute Gasteiger partial charge is 0.444 e. The van der Waals surface area contributed by atoms with Gasteiger partial charge >= 0.3 is 18.4 Å². The van der Waals surface area contributed by atoms with Crippen LogP contribution in [-0.4, -0.2) is 80.7 Å². The second kappa shape index (κ2) is 14.8. The average molecular weight is 649 g/mol. The number of hydrogen-bond acceptors (Lipinski definition) is 7. The van der Waals surface area contributed by atoms with E-state index in [1.54, 1.807) is 9.80 Å². The summed E-state index contributed by atoms with van der Waals surface area (Å²) in [7, 11) is 1.52. The van der Waals surface area contributed by atoms with E-state index in [9.17, 15) is 22.8 Å². The zero-order valence-corrected chi connectivity index (χ0v) is 28.1. The van der Waals surface area contributed by atoms with Crippen molar-refractivity contribution in [1.82, 2.24) is 19.6 Å². The Kier molecular flexibility index (Phi) is 12.2. The number of aryl methyl sites for hydroxylation is 1. The first-order chi connectivity index (χ1) is 19.9. The maximum absolute atomic E-state index is 12.9. The minimum absolute atomic E-state index is 0.235. The lowest BCUT2D eigenvalue weighted by Crippen LogP contribution is -2.42. The molecule has 2 amide bonds. The molecule has 2 saturated heterocycles. The summed E-state index contributed by atoms with van der Waals surface area (Å²) >= 11 is 3.18. The smallest absolute Gasteiger partial charge is 0.435 e. The van der Waals surface area contributed by atoms with E-state index in [0.717, 1.165) is 50.6 Å². The Bertz CT molecular complexity index is 1120. The van der Waals surface area contributed by atoms with Crippen LogP contribution < -0.4 is 0 Å². The van der Waals surface area contributed by atoms with Crippen LogP contribution in [0, 0.1) is 11.8 Å². The Morgan fingerprint density at radius 1 is 0.930 bits per heavy atom. The van der Waals surface area contributed by atoms with Crippen molar-refractivity contribution >= 4 is 35.7 Å². The molecule has 2 aliphatic rings. The second-order valence-electron chi connectivity index (χ2n) is 13.1. The minimum Gasteiger partial charge on any atom is -0.444 e. The van der Waals surface area contributed by atoms with Gasteiger partial charge in [0.25, 0.3) is 0 Å². The Labute approximate surface area is 262 Å². The standard InChI is InChI=1S/C30H47F3N4O4S2/c1-21(42-19-22-9-14-36(15-10-22)26(38)40-28(2,3)4)8-13-29(5,6)41-27(39)37-16-11-23(12-17-37)20-43-25-18-24(30(31,32)33)34-35(25)7/h8,18,22-23H,9-17,19-20H2,1-7H3/b21-8+. The number of hydrogen-bond donors (Lipinski definition) is 0. The highest BCUT2D eigenvalue weighted by Gasteiger charge is 2.35. The van der Waals surface area contributed by atoms with Gasteiger partial charge in [-0.15, -0.1) is 23.5 Å². The molecule has 0 radical (unpaired) electrons. The maximum Gasteiger partial charge on any atom is 0.435 e. The highest BCUT2D eigenvalue weighted by molar-refractivity contribution is 8.03. The highest BCUT2D eigenvalue weighted by atomic mass is 32.2. The first-order valence-corrected chi connectivity index (χ1v) is 16.9. The van der Waals surface area contributed by atoms with E-state index in [1.807, 2.05) is 46.4 Å². The molecule has 1 aromatic rings. The van der Waals surface area contributed by atoms with Gasteiger partial charge in [-0.05, 0) is 84.0 Å². The van der Waals surface area contributed by atoms with Crippen molar-refractivity contribution < 1.29 is 32.2 Å². The van der Waals surface area contributed by atoms with Crippen LogP contribution in [0.25, 0.3) is 0 Å². The molecule has 0 N–H and O–H groups in total. The van der Waals surface area contributed by atoms with Gasteiger partial charge in [0.15, 0.2) is 5.69 Å². The van der Waals surface area contributed by atoms with Crippen molar-refractivity contribution in [2.75, 3.05) is 37.7 Å². The van der Waals surface area contributed by atoms with Gasteiger partial charge in [0.2, 0.25) is 0 Å². The van der Waals surface area contributed by atoms with E-state index in [2.05, 4.69) is 18.1 Å². The number of amides is 2. The van der Waals surface area contributed by atoms with Crippen LogP contribution in [0.1, 0.15) is 79.3 Å². The number of halogens is 3. The van der Waals surface area contributed by atoms with Crippen LogP contribution in [0.15, 0.2) is 22.1 Å². The van der Waals surface area contributed by atoms with Gasteiger partial charge in [-0.3, -0.25) is 4.68 Å². The summed E-state index contributed by atoms with van der Waals surface area (Å²) in [5, 5.41) is 4.06. The summed E-state index contributed by atoms with van der Waals surface area (Å²) in [4.78, 5) is 29.9. The Morgan fingerprint density at radius 3 is 1.93 bits per heavy atom. The van der Waals surface area contributed by atoms with Gasteiger partial charge in [0.05, 0.1) is 5.03 Å². The van der Waals surface area contributed by atoms with Crippen LogP contribution in [-0.2, 0) is 22.7 Å². The number of carbonyl (C=O) groups is 2. The van der Waals surface area contributed by atoms with Gasteiger partial charge in [-0.25, -0.2) is 9.59 Å². The first kappa shape index (κ1) is 35.5. The molecule has 2 fully saturated rings. The number of rotatable bonds is 9. The molecule has 0 saturated carbocycles. The van der Waals surface area contributed by atoms with Crippen molar-refractivity contribution in [3.05, 3.63) is 22.7 Å². The van der Waals surface area contributed by atoms with Gasteiger partial charge in [0, 0.05) is 57.2 Å². The monoisotopic (exact) mass is 648 g/mol. The van der Waals surface area contributed by atoms with Gasteiger partial charge in [-0.1, -0.05) is 6.08 Å². The van der Waals surface area contributed by atoms with E-state index in [0.29, 0.717) is 42.1 Å². The number of carbonyl (C=O) groups excluding carboxylic acids is 2. The zero-order valence-electron chi connectivity index (χ0n) is 26.5. The topological polar surface area (TPSA) is 76.9 Å². The number of likely N-dealkylation sites (tertiary alicyclic amines) is 2.